The van der Waals surface area contributed by atoms with E-state index >= 15 is 0 Å². The fraction of sp³-hybridized carbons (Fsp3) is 0.355. The van der Waals surface area contributed by atoms with Gasteiger partial charge in [0.25, 0.3) is 5.91 Å². The molecule has 0 aromatic heterocycles. The van der Waals surface area contributed by atoms with E-state index in [2.05, 4.69) is 19.2 Å². The van der Waals surface area contributed by atoms with Gasteiger partial charge in [0, 0.05) is 19.5 Å². The average molecular weight is 505 g/mol. The third kappa shape index (κ3) is 8.74. The van der Waals surface area contributed by atoms with E-state index in [1.54, 1.807) is 17.0 Å². The van der Waals surface area contributed by atoms with Gasteiger partial charge in [-0.15, -0.1) is 0 Å². The second-order valence-electron chi connectivity index (χ2n) is 10.0. The minimum Gasteiger partial charge on any atom is -0.484 e. The lowest BCUT2D eigenvalue weighted by Crippen LogP contribution is -2.52. The van der Waals surface area contributed by atoms with E-state index < -0.39 is 6.04 Å². The second-order valence-corrected chi connectivity index (χ2v) is 10.0. The highest BCUT2D eigenvalue weighted by Crippen LogP contribution is 2.20. The molecule has 0 fully saturated rings. The van der Waals surface area contributed by atoms with Crippen LogP contribution in [0.15, 0.2) is 78.9 Å². The molecule has 6 heteroatoms. The lowest BCUT2D eigenvalue weighted by molar-refractivity contribution is -0.142. The Balaban J connectivity index is 1.86. The average Bonchev–Trinajstić information content (AvgIpc) is 2.89. The van der Waals surface area contributed by atoms with E-state index in [1.165, 1.54) is 17.7 Å². The minimum atomic E-state index is -0.759. The first-order valence-corrected chi connectivity index (χ1v) is 12.8. The van der Waals surface area contributed by atoms with E-state index in [4.69, 9.17) is 4.74 Å². The third-order valence-electron chi connectivity index (χ3n) is 6.13. The third-order valence-corrected chi connectivity index (χ3v) is 6.13. The van der Waals surface area contributed by atoms with Crippen LogP contribution in [0.25, 0.3) is 0 Å². The number of hydrogen-bond donors (Lipinski definition) is 1. The van der Waals surface area contributed by atoms with Crippen LogP contribution < -0.4 is 10.1 Å². The highest BCUT2D eigenvalue weighted by atomic mass is 19.1. The zero-order valence-electron chi connectivity index (χ0n) is 22.1. The van der Waals surface area contributed by atoms with Gasteiger partial charge in [-0.1, -0.05) is 82.3 Å². The summed E-state index contributed by atoms with van der Waals surface area (Å²) in [7, 11) is 0. The van der Waals surface area contributed by atoms with Crippen LogP contribution in [0.5, 0.6) is 5.75 Å². The SMILES string of the molecule is CC(C)CNC(=O)[C@H](Cc1ccccc1)N(Cc1ccc(F)cc1)C(=O)COc1ccc(C(C)C)cc1. The maximum atomic E-state index is 13.6. The normalized spacial score (nSPS) is 11.9. The van der Waals surface area contributed by atoms with Crippen molar-refractivity contribution >= 4 is 11.8 Å². The highest BCUT2D eigenvalue weighted by Gasteiger charge is 2.30. The van der Waals surface area contributed by atoms with E-state index in [1.807, 2.05) is 68.4 Å². The van der Waals surface area contributed by atoms with Gasteiger partial charge in [-0.25, -0.2) is 4.39 Å². The number of nitrogens with one attached hydrogen (secondary N) is 1. The summed E-state index contributed by atoms with van der Waals surface area (Å²) in [5.41, 5.74) is 2.85. The summed E-state index contributed by atoms with van der Waals surface area (Å²) in [5.74, 6) is 0.338. The van der Waals surface area contributed by atoms with Gasteiger partial charge in [0.2, 0.25) is 5.91 Å². The van der Waals surface area contributed by atoms with Gasteiger partial charge in [0.1, 0.15) is 17.6 Å². The summed E-state index contributed by atoms with van der Waals surface area (Å²) in [6.07, 6.45) is 0.348. The number of ether oxygens (including phenoxy) is 1. The van der Waals surface area contributed by atoms with Gasteiger partial charge >= 0.3 is 0 Å². The van der Waals surface area contributed by atoms with Crippen molar-refractivity contribution in [2.24, 2.45) is 5.92 Å². The van der Waals surface area contributed by atoms with Crippen LogP contribution in [0, 0.1) is 11.7 Å². The van der Waals surface area contributed by atoms with E-state index in [0.29, 0.717) is 24.6 Å². The molecule has 0 aliphatic carbocycles. The summed E-state index contributed by atoms with van der Waals surface area (Å²) in [4.78, 5) is 28.5. The summed E-state index contributed by atoms with van der Waals surface area (Å²) < 4.78 is 19.4. The van der Waals surface area contributed by atoms with Gasteiger partial charge < -0.3 is 15.0 Å². The van der Waals surface area contributed by atoms with Crippen molar-refractivity contribution in [2.75, 3.05) is 13.2 Å². The fourth-order valence-electron chi connectivity index (χ4n) is 3.94. The molecular weight excluding hydrogens is 467 g/mol. The molecule has 3 aromatic rings. The first kappa shape index (κ1) is 27.9. The molecule has 5 nitrogen and oxygen atoms in total. The van der Waals surface area contributed by atoms with Crippen molar-refractivity contribution in [1.82, 2.24) is 10.2 Å². The van der Waals surface area contributed by atoms with Crippen LogP contribution in [-0.2, 0) is 22.6 Å². The van der Waals surface area contributed by atoms with Gasteiger partial charge in [-0.05, 0) is 52.8 Å². The van der Waals surface area contributed by atoms with Crippen LogP contribution in [-0.4, -0.2) is 35.9 Å². The molecule has 37 heavy (non-hydrogen) atoms. The number of halogens is 1. The maximum absolute atomic E-state index is 13.6. The predicted octanol–water partition coefficient (Wildman–Crippen LogP) is 5.74. The van der Waals surface area contributed by atoms with Crippen molar-refractivity contribution < 1.29 is 18.7 Å². The zero-order chi connectivity index (χ0) is 26.8. The molecular formula is C31H37FN2O3. The molecule has 0 aliphatic heterocycles. The molecule has 0 spiro atoms. The minimum absolute atomic E-state index is 0.154. The standard InChI is InChI=1S/C31H37FN2O3/c1-22(2)19-33-31(36)29(18-24-8-6-5-7-9-24)34(20-25-10-14-27(32)15-11-25)30(35)21-37-28-16-12-26(13-17-28)23(3)4/h5-17,22-23,29H,18-21H2,1-4H3,(H,33,36)/t29-/m0/s1. The zero-order valence-corrected chi connectivity index (χ0v) is 22.1. The predicted molar refractivity (Wildman–Crippen MR) is 145 cm³/mol. The van der Waals surface area contributed by atoms with Crippen molar-refractivity contribution in [3.8, 4) is 5.75 Å². The molecule has 0 saturated carbocycles. The first-order chi connectivity index (χ1) is 17.7. The molecule has 1 N–H and O–H groups in total. The van der Waals surface area contributed by atoms with Crippen molar-refractivity contribution in [3.63, 3.8) is 0 Å². The smallest absolute Gasteiger partial charge is 0.261 e. The lowest BCUT2D eigenvalue weighted by Gasteiger charge is -2.31. The Kier molecular flexibility index (Phi) is 10.2. The number of carbonyl (C=O) groups is 2. The van der Waals surface area contributed by atoms with Crippen molar-refractivity contribution in [1.29, 1.82) is 0 Å². The fourth-order valence-corrected chi connectivity index (χ4v) is 3.94. The Morgan fingerprint density at radius 3 is 2.11 bits per heavy atom. The number of rotatable bonds is 12. The largest absolute Gasteiger partial charge is 0.484 e. The Morgan fingerprint density at radius 2 is 1.51 bits per heavy atom. The molecule has 196 valence electrons. The number of amides is 2. The summed E-state index contributed by atoms with van der Waals surface area (Å²) in [6.45, 7) is 8.71. The molecule has 0 radical (unpaired) electrons. The van der Waals surface area contributed by atoms with Crippen LogP contribution in [0.4, 0.5) is 4.39 Å². The summed E-state index contributed by atoms with van der Waals surface area (Å²) in [6, 6.07) is 22.5. The summed E-state index contributed by atoms with van der Waals surface area (Å²) >= 11 is 0. The van der Waals surface area contributed by atoms with E-state index in [-0.39, 0.29) is 36.7 Å². The second kappa shape index (κ2) is 13.6. The molecule has 2 amide bonds. The van der Waals surface area contributed by atoms with Crippen LogP contribution in [0.3, 0.4) is 0 Å². The van der Waals surface area contributed by atoms with Crippen LogP contribution in [0.2, 0.25) is 0 Å². The molecule has 0 saturated heterocycles. The monoisotopic (exact) mass is 504 g/mol. The summed E-state index contributed by atoms with van der Waals surface area (Å²) in [5, 5.41) is 2.99. The molecule has 0 bridgehead atoms. The highest BCUT2D eigenvalue weighted by molar-refractivity contribution is 5.88. The molecule has 3 rings (SSSR count). The first-order valence-electron chi connectivity index (χ1n) is 12.8. The Labute approximate surface area is 219 Å². The van der Waals surface area contributed by atoms with Crippen molar-refractivity contribution in [3.05, 3.63) is 101 Å². The van der Waals surface area contributed by atoms with Crippen LogP contribution >= 0.6 is 0 Å². The van der Waals surface area contributed by atoms with Gasteiger partial charge in [0.05, 0.1) is 0 Å². The van der Waals surface area contributed by atoms with E-state index in [0.717, 1.165) is 11.1 Å². The Hall–Kier alpha value is -3.67. The number of nitrogens with zero attached hydrogens (tertiary/aromatic N) is 1. The molecule has 0 heterocycles. The van der Waals surface area contributed by atoms with Gasteiger partial charge in [0.15, 0.2) is 6.61 Å². The Bertz CT molecular complexity index is 1130. The van der Waals surface area contributed by atoms with Gasteiger partial charge in [-0.2, -0.15) is 0 Å². The van der Waals surface area contributed by atoms with Gasteiger partial charge in [-0.3, -0.25) is 9.59 Å². The lowest BCUT2D eigenvalue weighted by atomic mass is 10.0. The molecule has 0 unspecified atom stereocenters. The van der Waals surface area contributed by atoms with Crippen molar-refractivity contribution in [2.45, 2.75) is 52.6 Å². The maximum Gasteiger partial charge on any atom is 0.261 e. The number of hydrogen-bond acceptors (Lipinski definition) is 3. The quantitative estimate of drug-likeness (QED) is 0.342. The number of carbonyl (C=O) groups excluding carboxylic acids is 2. The molecule has 3 aromatic carbocycles. The van der Waals surface area contributed by atoms with E-state index in [9.17, 15) is 14.0 Å². The van der Waals surface area contributed by atoms with Crippen LogP contribution in [0.1, 0.15) is 50.3 Å². The molecule has 0 aliphatic rings. The topological polar surface area (TPSA) is 58.6 Å². The Morgan fingerprint density at radius 1 is 0.865 bits per heavy atom. The molecule has 1 atom stereocenters. The number of benzene rings is 3.